The normalized spacial score (nSPS) is 25.6. The molecule has 2 saturated heterocycles. The van der Waals surface area contributed by atoms with Crippen LogP contribution in [0.25, 0.3) is 0 Å². The number of hydrogen-bond acceptors (Lipinski definition) is 7. The topological polar surface area (TPSA) is 76.6 Å². The van der Waals surface area contributed by atoms with E-state index in [-0.39, 0.29) is 24.2 Å². The molecule has 1 amide bonds. The summed E-state index contributed by atoms with van der Waals surface area (Å²) in [5.41, 5.74) is 0. The first-order chi connectivity index (χ1) is 10.7. The van der Waals surface area contributed by atoms with Crippen molar-refractivity contribution in [2.45, 2.75) is 30.3 Å². The highest BCUT2D eigenvalue weighted by Crippen LogP contribution is 2.25. The molecule has 0 saturated carbocycles. The number of anilines is 1. The van der Waals surface area contributed by atoms with Crippen LogP contribution in [0.2, 0.25) is 0 Å². The number of carbonyl (C=O) groups excluding carboxylic acids is 1. The molecule has 0 bridgehead atoms. The Morgan fingerprint density at radius 2 is 2.05 bits per heavy atom. The quantitative estimate of drug-likeness (QED) is 0.633. The molecule has 0 radical (unpaired) electrons. The third-order valence-electron chi connectivity index (χ3n) is 3.77. The summed E-state index contributed by atoms with van der Waals surface area (Å²) >= 11 is 1.52. The monoisotopic (exact) mass is 324 g/mol. The molecule has 1 N–H and O–H groups in total. The maximum atomic E-state index is 11.1. The van der Waals surface area contributed by atoms with E-state index in [9.17, 15) is 4.79 Å². The Kier molecular flexibility index (Phi) is 4.80. The molecule has 0 aromatic carbocycles. The van der Waals surface area contributed by atoms with Gasteiger partial charge in [-0.15, -0.1) is 0 Å². The van der Waals surface area contributed by atoms with Crippen LogP contribution in [0.15, 0.2) is 17.4 Å². The van der Waals surface area contributed by atoms with Crippen molar-refractivity contribution in [2.24, 2.45) is 0 Å². The smallest absolute Gasteiger partial charge is 0.217 e. The van der Waals surface area contributed by atoms with Crippen molar-refractivity contribution in [1.82, 2.24) is 15.3 Å². The number of ether oxygens (including phenoxy) is 2. The molecule has 1 aromatic rings. The van der Waals surface area contributed by atoms with E-state index >= 15 is 0 Å². The van der Waals surface area contributed by atoms with E-state index in [1.807, 2.05) is 12.3 Å². The van der Waals surface area contributed by atoms with Gasteiger partial charge < -0.3 is 19.7 Å². The van der Waals surface area contributed by atoms with Crippen molar-refractivity contribution in [3.05, 3.63) is 12.3 Å². The van der Waals surface area contributed by atoms with Gasteiger partial charge in [0, 0.05) is 26.2 Å². The molecule has 2 aliphatic heterocycles. The highest BCUT2D eigenvalue weighted by atomic mass is 32.2. The summed E-state index contributed by atoms with van der Waals surface area (Å²) in [4.78, 5) is 22.0. The van der Waals surface area contributed by atoms with Crippen LogP contribution in [0.1, 0.15) is 6.92 Å². The molecule has 3 heterocycles. The van der Waals surface area contributed by atoms with Gasteiger partial charge in [0.15, 0.2) is 5.16 Å². The van der Waals surface area contributed by atoms with E-state index in [0.717, 1.165) is 24.1 Å². The summed E-state index contributed by atoms with van der Waals surface area (Å²) in [5, 5.41) is 3.60. The van der Waals surface area contributed by atoms with Crippen molar-refractivity contribution in [3.63, 3.8) is 0 Å². The molecule has 7 nitrogen and oxygen atoms in total. The van der Waals surface area contributed by atoms with Crippen LogP contribution in [0.3, 0.4) is 0 Å². The SMILES string of the molecule is CSc1nccc(N2C[C@@H]3OCC(NC(C)=O)CO[C@H]3C2)n1. The third-order valence-corrected chi connectivity index (χ3v) is 4.33. The van der Waals surface area contributed by atoms with E-state index in [1.165, 1.54) is 18.7 Å². The second kappa shape index (κ2) is 6.80. The van der Waals surface area contributed by atoms with Crippen molar-refractivity contribution in [3.8, 4) is 0 Å². The van der Waals surface area contributed by atoms with Crippen LogP contribution in [0, 0.1) is 0 Å². The summed E-state index contributed by atoms with van der Waals surface area (Å²) in [6.45, 7) is 3.94. The fourth-order valence-electron chi connectivity index (χ4n) is 2.76. The van der Waals surface area contributed by atoms with Crippen LogP contribution in [-0.4, -0.2) is 66.7 Å². The zero-order valence-corrected chi connectivity index (χ0v) is 13.5. The van der Waals surface area contributed by atoms with Gasteiger partial charge in [-0.3, -0.25) is 4.79 Å². The summed E-state index contributed by atoms with van der Waals surface area (Å²) in [6.07, 6.45) is 3.75. The molecule has 3 rings (SSSR count). The number of amides is 1. The molecule has 120 valence electrons. The molecule has 2 atom stereocenters. The first kappa shape index (κ1) is 15.5. The lowest BCUT2D eigenvalue weighted by molar-refractivity contribution is -0.120. The highest BCUT2D eigenvalue weighted by molar-refractivity contribution is 7.98. The van der Waals surface area contributed by atoms with Gasteiger partial charge in [-0.2, -0.15) is 0 Å². The second-order valence-electron chi connectivity index (χ2n) is 5.45. The van der Waals surface area contributed by atoms with Crippen molar-refractivity contribution < 1.29 is 14.3 Å². The fraction of sp³-hybridized carbons (Fsp3) is 0.643. The van der Waals surface area contributed by atoms with Crippen LogP contribution >= 0.6 is 11.8 Å². The van der Waals surface area contributed by atoms with E-state index in [0.29, 0.717) is 13.2 Å². The molecule has 2 fully saturated rings. The van der Waals surface area contributed by atoms with E-state index in [2.05, 4.69) is 20.2 Å². The Balaban J connectivity index is 1.62. The lowest BCUT2D eigenvalue weighted by Gasteiger charge is -2.19. The average Bonchev–Trinajstić information content (AvgIpc) is 2.84. The number of nitrogens with zero attached hydrogens (tertiary/aromatic N) is 3. The minimum absolute atomic E-state index is 0.00598. The molecule has 0 aliphatic carbocycles. The molecular formula is C14H20N4O3S. The number of fused-ring (bicyclic) bond motifs is 1. The summed E-state index contributed by atoms with van der Waals surface area (Å²) in [6, 6.07) is 1.84. The first-order valence-corrected chi connectivity index (χ1v) is 8.50. The molecule has 2 aliphatic rings. The lowest BCUT2D eigenvalue weighted by atomic mass is 10.3. The Bertz CT molecular complexity index is 529. The van der Waals surface area contributed by atoms with Gasteiger partial charge in [0.2, 0.25) is 5.91 Å². The molecule has 1 aromatic heterocycles. The predicted molar refractivity (Wildman–Crippen MR) is 83.1 cm³/mol. The Hall–Kier alpha value is -1.38. The zero-order chi connectivity index (χ0) is 15.5. The first-order valence-electron chi connectivity index (χ1n) is 7.28. The van der Waals surface area contributed by atoms with Gasteiger partial charge in [-0.25, -0.2) is 9.97 Å². The van der Waals surface area contributed by atoms with Gasteiger partial charge in [-0.1, -0.05) is 11.8 Å². The average molecular weight is 324 g/mol. The van der Waals surface area contributed by atoms with Gasteiger partial charge in [0.05, 0.1) is 19.3 Å². The molecule has 8 heteroatoms. The number of rotatable bonds is 3. The van der Waals surface area contributed by atoms with E-state index < -0.39 is 0 Å². The van der Waals surface area contributed by atoms with E-state index in [1.54, 1.807) is 6.20 Å². The standard InChI is InChI=1S/C14H20N4O3S/c1-9(19)16-10-7-20-11-5-18(6-12(11)21-8-10)13-3-4-15-14(17-13)22-2/h3-4,10-12H,5-8H2,1-2H3,(H,16,19)/t11-,12-/m0/s1. The summed E-state index contributed by atoms with van der Waals surface area (Å²) in [7, 11) is 0. The van der Waals surface area contributed by atoms with Crippen LogP contribution in [0.4, 0.5) is 5.82 Å². The van der Waals surface area contributed by atoms with Crippen molar-refractivity contribution >= 4 is 23.5 Å². The van der Waals surface area contributed by atoms with Gasteiger partial charge in [-0.05, 0) is 12.3 Å². The van der Waals surface area contributed by atoms with Crippen LogP contribution < -0.4 is 10.2 Å². The number of thioether (sulfide) groups is 1. The maximum Gasteiger partial charge on any atom is 0.217 e. The van der Waals surface area contributed by atoms with Gasteiger partial charge in [0.1, 0.15) is 18.0 Å². The van der Waals surface area contributed by atoms with E-state index in [4.69, 9.17) is 9.47 Å². The minimum atomic E-state index is -0.0707. The van der Waals surface area contributed by atoms with Crippen LogP contribution in [-0.2, 0) is 14.3 Å². The van der Waals surface area contributed by atoms with Crippen LogP contribution in [0.5, 0.6) is 0 Å². The molecule has 0 unspecified atom stereocenters. The Morgan fingerprint density at radius 3 is 2.64 bits per heavy atom. The summed E-state index contributed by atoms with van der Waals surface area (Å²) in [5.74, 6) is 0.842. The largest absolute Gasteiger partial charge is 0.371 e. The lowest BCUT2D eigenvalue weighted by Crippen LogP contribution is -2.40. The Morgan fingerprint density at radius 1 is 1.36 bits per heavy atom. The molecule has 0 spiro atoms. The summed E-state index contributed by atoms with van der Waals surface area (Å²) < 4.78 is 11.8. The molecular weight excluding hydrogens is 304 g/mol. The number of aromatic nitrogens is 2. The number of carbonyl (C=O) groups is 1. The van der Waals surface area contributed by atoms with Crippen molar-refractivity contribution in [2.75, 3.05) is 37.5 Å². The number of hydrogen-bond donors (Lipinski definition) is 1. The molecule has 22 heavy (non-hydrogen) atoms. The maximum absolute atomic E-state index is 11.1. The van der Waals surface area contributed by atoms with Gasteiger partial charge in [0.25, 0.3) is 0 Å². The van der Waals surface area contributed by atoms with Crippen molar-refractivity contribution in [1.29, 1.82) is 0 Å². The van der Waals surface area contributed by atoms with Gasteiger partial charge >= 0.3 is 0 Å². The Labute approximate surface area is 133 Å². The number of nitrogens with one attached hydrogen (secondary N) is 1. The second-order valence-corrected chi connectivity index (χ2v) is 6.22. The zero-order valence-electron chi connectivity index (χ0n) is 12.7. The minimum Gasteiger partial charge on any atom is -0.371 e. The third kappa shape index (κ3) is 3.50. The highest BCUT2D eigenvalue weighted by Gasteiger charge is 2.38. The predicted octanol–water partition coefficient (Wildman–Crippen LogP) is 0.307. The fourth-order valence-corrected chi connectivity index (χ4v) is 3.11.